The van der Waals surface area contributed by atoms with Crippen LogP contribution in [0.15, 0.2) is 36.4 Å². The maximum absolute atomic E-state index is 14.0. The van der Waals surface area contributed by atoms with E-state index in [0.29, 0.717) is 39.8 Å². The SMILES string of the molecule is Cc1cccc(C(=N)c2nc(C(=O)N3CCN(C)CC3)c(-c3ccc(F)c(F)c3)s2)c1N. The highest BCUT2D eigenvalue weighted by Gasteiger charge is 2.28. The Hall–Kier alpha value is -3.17. The third-order valence-corrected chi connectivity index (χ3v) is 6.73. The molecule has 0 aliphatic carbocycles. The number of hydrogen-bond acceptors (Lipinski definition) is 6. The molecule has 3 N–H and O–H groups in total. The first-order chi connectivity index (χ1) is 15.3. The van der Waals surface area contributed by atoms with E-state index in [-0.39, 0.29) is 17.3 Å². The average Bonchev–Trinajstić information content (AvgIpc) is 3.22. The van der Waals surface area contributed by atoms with Crippen LogP contribution < -0.4 is 5.73 Å². The number of carbonyl (C=O) groups excluding carboxylic acids is 1. The number of hydrogen-bond donors (Lipinski definition) is 2. The van der Waals surface area contributed by atoms with E-state index in [2.05, 4.69) is 9.88 Å². The lowest BCUT2D eigenvalue weighted by Gasteiger charge is -2.32. The molecule has 32 heavy (non-hydrogen) atoms. The Morgan fingerprint density at radius 2 is 1.84 bits per heavy atom. The van der Waals surface area contributed by atoms with Crippen molar-refractivity contribution in [2.24, 2.45) is 0 Å². The second-order valence-electron chi connectivity index (χ2n) is 7.83. The van der Waals surface area contributed by atoms with Crippen molar-refractivity contribution >= 4 is 28.6 Å². The second kappa shape index (κ2) is 8.76. The van der Waals surface area contributed by atoms with Crippen LogP contribution in [0.2, 0.25) is 0 Å². The first kappa shape index (κ1) is 22.0. The largest absolute Gasteiger partial charge is 0.398 e. The van der Waals surface area contributed by atoms with Gasteiger partial charge in [0.15, 0.2) is 11.6 Å². The van der Waals surface area contributed by atoms with Gasteiger partial charge in [-0.1, -0.05) is 24.3 Å². The van der Waals surface area contributed by atoms with Gasteiger partial charge in [-0.05, 0) is 37.2 Å². The van der Waals surface area contributed by atoms with E-state index < -0.39 is 11.6 Å². The number of halogens is 2. The highest BCUT2D eigenvalue weighted by molar-refractivity contribution is 7.17. The van der Waals surface area contributed by atoms with Crippen molar-refractivity contribution in [2.45, 2.75) is 6.92 Å². The van der Waals surface area contributed by atoms with Gasteiger partial charge in [0.05, 0.1) is 10.6 Å². The first-order valence-electron chi connectivity index (χ1n) is 10.1. The Morgan fingerprint density at radius 3 is 2.53 bits per heavy atom. The minimum atomic E-state index is -1.01. The minimum Gasteiger partial charge on any atom is -0.398 e. The van der Waals surface area contributed by atoms with Crippen molar-refractivity contribution in [3.05, 3.63) is 69.9 Å². The number of nitrogens with one attached hydrogen (secondary N) is 1. The summed E-state index contributed by atoms with van der Waals surface area (Å²) in [5, 5.41) is 8.96. The van der Waals surface area contributed by atoms with Crippen molar-refractivity contribution in [2.75, 3.05) is 39.0 Å². The van der Waals surface area contributed by atoms with Gasteiger partial charge in [0.2, 0.25) is 0 Å². The Balaban J connectivity index is 1.79. The van der Waals surface area contributed by atoms with E-state index in [1.165, 1.54) is 6.07 Å². The molecule has 2 heterocycles. The number of benzene rings is 2. The van der Waals surface area contributed by atoms with Gasteiger partial charge >= 0.3 is 0 Å². The van der Waals surface area contributed by atoms with Crippen LogP contribution in [0, 0.1) is 24.0 Å². The summed E-state index contributed by atoms with van der Waals surface area (Å²) in [4.78, 5) is 22.1. The van der Waals surface area contributed by atoms with E-state index >= 15 is 0 Å². The summed E-state index contributed by atoms with van der Waals surface area (Å²) in [6.45, 7) is 4.41. The van der Waals surface area contributed by atoms with Crippen LogP contribution in [0.25, 0.3) is 10.4 Å². The fourth-order valence-corrected chi connectivity index (χ4v) is 4.59. The van der Waals surface area contributed by atoms with Crippen LogP contribution in [-0.4, -0.2) is 59.6 Å². The van der Waals surface area contributed by atoms with Gasteiger partial charge in [-0.15, -0.1) is 11.3 Å². The Labute approximate surface area is 188 Å². The molecule has 0 spiro atoms. The van der Waals surface area contributed by atoms with E-state index in [4.69, 9.17) is 11.1 Å². The highest BCUT2D eigenvalue weighted by atomic mass is 32.1. The van der Waals surface area contributed by atoms with Gasteiger partial charge in [0, 0.05) is 37.4 Å². The van der Waals surface area contributed by atoms with Gasteiger partial charge < -0.3 is 15.5 Å². The van der Waals surface area contributed by atoms with Crippen molar-refractivity contribution in [1.29, 1.82) is 5.41 Å². The molecule has 0 saturated carbocycles. The molecule has 1 fully saturated rings. The zero-order chi connectivity index (χ0) is 23.0. The summed E-state index contributed by atoms with van der Waals surface area (Å²) in [5.41, 5.74) is 8.53. The lowest BCUT2D eigenvalue weighted by molar-refractivity contribution is 0.0659. The number of carbonyl (C=O) groups is 1. The number of rotatable bonds is 4. The molecule has 1 amide bonds. The number of thiazole rings is 1. The molecule has 0 radical (unpaired) electrons. The number of amides is 1. The summed E-state index contributed by atoms with van der Waals surface area (Å²) in [6, 6.07) is 8.88. The molecular formula is C23H23F2N5OS. The first-order valence-corrected chi connectivity index (χ1v) is 11.0. The molecule has 166 valence electrons. The van der Waals surface area contributed by atoms with E-state index in [9.17, 15) is 13.6 Å². The van der Waals surface area contributed by atoms with Gasteiger partial charge in [-0.3, -0.25) is 10.2 Å². The normalized spacial score (nSPS) is 14.6. The number of para-hydroxylation sites is 1. The quantitative estimate of drug-likeness (QED) is 0.463. The zero-order valence-electron chi connectivity index (χ0n) is 17.8. The number of nitrogen functional groups attached to an aromatic ring is 1. The van der Waals surface area contributed by atoms with Crippen LogP contribution in [0.3, 0.4) is 0 Å². The molecule has 0 bridgehead atoms. The monoisotopic (exact) mass is 455 g/mol. The molecule has 9 heteroatoms. The molecule has 1 aliphatic rings. The number of likely N-dealkylation sites (N-methyl/N-ethyl adjacent to an activating group) is 1. The number of nitrogens with two attached hydrogens (primary N) is 1. The lowest BCUT2D eigenvalue weighted by Crippen LogP contribution is -2.47. The van der Waals surface area contributed by atoms with E-state index in [1.54, 1.807) is 17.0 Å². The Morgan fingerprint density at radius 1 is 1.12 bits per heavy atom. The second-order valence-corrected chi connectivity index (χ2v) is 8.83. The highest BCUT2D eigenvalue weighted by Crippen LogP contribution is 2.34. The molecule has 0 atom stereocenters. The predicted molar refractivity (Wildman–Crippen MR) is 122 cm³/mol. The van der Waals surface area contributed by atoms with Crippen molar-refractivity contribution < 1.29 is 13.6 Å². The maximum Gasteiger partial charge on any atom is 0.274 e. The molecule has 1 aliphatic heterocycles. The topological polar surface area (TPSA) is 86.3 Å². The summed E-state index contributed by atoms with van der Waals surface area (Å²) >= 11 is 1.10. The van der Waals surface area contributed by atoms with Gasteiger partial charge in [0.1, 0.15) is 10.7 Å². The predicted octanol–water partition coefficient (Wildman–Crippen LogP) is 3.78. The molecule has 2 aromatic carbocycles. The lowest BCUT2D eigenvalue weighted by atomic mass is 10.0. The molecule has 3 aromatic rings. The van der Waals surface area contributed by atoms with Crippen molar-refractivity contribution in [3.63, 3.8) is 0 Å². The van der Waals surface area contributed by atoms with Gasteiger partial charge in [-0.25, -0.2) is 13.8 Å². The summed E-state index contributed by atoms with van der Waals surface area (Å²) < 4.78 is 27.5. The molecule has 1 aromatic heterocycles. The van der Waals surface area contributed by atoms with Crippen LogP contribution in [0.4, 0.5) is 14.5 Å². The molecule has 1 saturated heterocycles. The fourth-order valence-electron chi connectivity index (χ4n) is 3.58. The van der Waals surface area contributed by atoms with E-state index in [1.807, 2.05) is 20.0 Å². The molecule has 4 rings (SSSR count). The van der Waals surface area contributed by atoms with Gasteiger partial charge in [-0.2, -0.15) is 0 Å². The van der Waals surface area contributed by atoms with Crippen LogP contribution >= 0.6 is 11.3 Å². The smallest absolute Gasteiger partial charge is 0.274 e. The number of aryl methyl sites for hydroxylation is 1. The molecule has 0 unspecified atom stereocenters. The van der Waals surface area contributed by atoms with Crippen molar-refractivity contribution in [1.82, 2.24) is 14.8 Å². The maximum atomic E-state index is 14.0. The summed E-state index contributed by atoms with van der Waals surface area (Å²) in [5.74, 6) is -2.26. The van der Waals surface area contributed by atoms with E-state index in [0.717, 1.165) is 42.1 Å². The van der Waals surface area contributed by atoms with Gasteiger partial charge in [0.25, 0.3) is 5.91 Å². The average molecular weight is 456 g/mol. The fraction of sp³-hybridized carbons (Fsp3) is 0.261. The Kier molecular flexibility index (Phi) is 6.03. The summed E-state index contributed by atoms with van der Waals surface area (Å²) in [7, 11) is 1.99. The van der Waals surface area contributed by atoms with Crippen LogP contribution in [0.5, 0.6) is 0 Å². The minimum absolute atomic E-state index is 0.0810. The summed E-state index contributed by atoms with van der Waals surface area (Å²) in [6.07, 6.45) is 0. The number of aromatic nitrogens is 1. The standard InChI is InChI=1S/C23H23F2N5OS/c1-13-4-3-5-15(18(13)26)19(27)22-28-20(23(31)30-10-8-29(2)9-11-30)21(32-22)14-6-7-16(24)17(25)12-14/h3-7,12,27H,8-11,26H2,1-2H3. The third-order valence-electron chi connectivity index (χ3n) is 5.61. The third kappa shape index (κ3) is 4.13. The Bertz CT molecular complexity index is 1200. The molecule has 6 nitrogen and oxygen atoms in total. The zero-order valence-corrected chi connectivity index (χ0v) is 18.6. The number of anilines is 1. The number of nitrogens with zero attached hydrogens (tertiary/aromatic N) is 3. The van der Waals surface area contributed by atoms with Crippen molar-refractivity contribution in [3.8, 4) is 10.4 Å². The van der Waals surface area contributed by atoms with Crippen LogP contribution in [0.1, 0.15) is 26.6 Å². The molecular weight excluding hydrogens is 432 g/mol. The number of piperazine rings is 1. The van der Waals surface area contributed by atoms with Crippen LogP contribution in [-0.2, 0) is 0 Å².